The van der Waals surface area contributed by atoms with Crippen LogP contribution in [-0.4, -0.2) is 42.0 Å². The SMILES string of the molecule is CN1CCN(C2CCc3cc(N)ccc32)CC1(C)C. The summed E-state index contributed by atoms with van der Waals surface area (Å²) in [6.45, 7) is 8.18. The maximum Gasteiger partial charge on any atom is 0.0355 e. The highest BCUT2D eigenvalue weighted by Gasteiger charge is 2.36. The first kappa shape index (κ1) is 12.9. The van der Waals surface area contributed by atoms with Crippen LogP contribution >= 0.6 is 0 Å². The first-order valence-electron chi connectivity index (χ1n) is 7.31. The Kier molecular flexibility index (Phi) is 3.06. The van der Waals surface area contributed by atoms with Gasteiger partial charge in [0.1, 0.15) is 0 Å². The van der Waals surface area contributed by atoms with Crippen molar-refractivity contribution in [2.75, 3.05) is 32.4 Å². The van der Waals surface area contributed by atoms with Crippen LogP contribution in [0.4, 0.5) is 5.69 Å². The molecule has 1 fully saturated rings. The summed E-state index contributed by atoms with van der Waals surface area (Å²) in [5.74, 6) is 0. The van der Waals surface area contributed by atoms with Gasteiger partial charge in [0, 0.05) is 36.9 Å². The van der Waals surface area contributed by atoms with Gasteiger partial charge in [-0.2, -0.15) is 0 Å². The number of aryl methyl sites for hydroxylation is 1. The number of nitrogens with two attached hydrogens (primary N) is 1. The van der Waals surface area contributed by atoms with Crippen LogP contribution < -0.4 is 5.73 Å². The summed E-state index contributed by atoms with van der Waals surface area (Å²) in [4.78, 5) is 5.14. The van der Waals surface area contributed by atoms with Crippen molar-refractivity contribution in [2.45, 2.75) is 38.3 Å². The largest absolute Gasteiger partial charge is 0.399 e. The summed E-state index contributed by atoms with van der Waals surface area (Å²) >= 11 is 0. The molecular weight excluding hydrogens is 234 g/mol. The standard InChI is InChI=1S/C16H25N3/c1-16(2)11-19(9-8-18(16)3)15-7-4-12-10-13(17)5-6-14(12)15/h5-6,10,15H,4,7-9,11,17H2,1-3H3. The van der Waals surface area contributed by atoms with E-state index in [0.717, 1.165) is 18.8 Å². The van der Waals surface area contributed by atoms with Gasteiger partial charge in [-0.1, -0.05) is 6.07 Å². The number of hydrogen-bond acceptors (Lipinski definition) is 3. The van der Waals surface area contributed by atoms with Crippen LogP contribution in [0.2, 0.25) is 0 Å². The predicted octanol–water partition coefficient (Wildman–Crippen LogP) is 2.28. The van der Waals surface area contributed by atoms with Gasteiger partial charge in [-0.3, -0.25) is 9.80 Å². The quantitative estimate of drug-likeness (QED) is 0.785. The van der Waals surface area contributed by atoms with E-state index in [2.05, 4.69) is 48.9 Å². The maximum absolute atomic E-state index is 5.90. The minimum Gasteiger partial charge on any atom is -0.399 e. The summed E-state index contributed by atoms with van der Waals surface area (Å²) < 4.78 is 0. The van der Waals surface area contributed by atoms with Gasteiger partial charge < -0.3 is 5.73 Å². The molecule has 104 valence electrons. The van der Waals surface area contributed by atoms with Gasteiger partial charge in [-0.05, 0) is 57.0 Å². The molecule has 0 aromatic heterocycles. The molecule has 0 bridgehead atoms. The molecule has 1 aromatic carbocycles. The minimum atomic E-state index is 0.273. The Morgan fingerprint density at radius 3 is 2.79 bits per heavy atom. The molecule has 19 heavy (non-hydrogen) atoms. The molecule has 1 saturated heterocycles. The molecule has 0 radical (unpaired) electrons. The Morgan fingerprint density at radius 1 is 1.26 bits per heavy atom. The smallest absolute Gasteiger partial charge is 0.0355 e. The third kappa shape index (κ3) is 2.26. The van der Waals surface area contributed by atoms with E-state index in [-0.39, 0.29) is 5.54 Å². The highest BCUT2D eigenvalue weighted by molar-refractivity contribution is 5.47. The third-order valence-corrected chi connectivity index (χ3v) is 5.00. The zero-order valence-corrected chi connectivity index (χ0v) is 12.3. The molecule has 1 heterocycles. The fourth-order valence-corrected chi connectivity index (χ4v) is 3.54. The monoisotopic (exact) mass is 259 g/mol. The topological polar surface area (TPSA) is 32.5 Å². The Morgan fingerprint density at radius 2 is 2.05 bits per heavy atom. The van der Waals surface area contributed by atoms with Crippen molar-refractivity contribution in [2.24, 2.45) is 0 Å². The van der Waals surface area contributed by atoms with Gasteiger partial charge in [0.15, 0.2) is 0 Å². The highest BCUT2D eigenvalue weighted by Crippen LogP contribution is 2.38. The molecule has 0 amide bonds. The van der Waals surface area contributed by atoms with Gasteiger partial charge in [0.05, 0.1) is 0 Å². The van der Waals surface area contributed by atoms with E-state index in [1.165, 1.54) is 30.5 Å². The summed E-state index contributed by atoms with van der Waals surface area (Å²) in [7, 11) is 2.24. The molecule has 3 rings (SSSR count). The molecule has 2 N–H and O–H groups in total. The van der Waals surface area contributed by atoms with Crippen LogP contribution in [0, 0.1) is 0 Å². The van der Waals surface area contributed by atoms with Crippen molar-refractivity contribution < 1.29 is 0 Å². The average Bonchev–Trinajstić information content (AvgIpc) is 2.75. The molecule has 1 aliphatic carbocycles. The number of likely N-dealkylation sites (N-methyl/N-ethyl adjacent to an activating group) is 1. The lowest BCUT2D eigenvalue weighted by molar-refractivity contribution is 0.0165. The summed E-state index contributed by atoms with van der Waals surface area (Å²) in [6.07, 6.45) is 2.43. The molecule has 0 saturated carbocycles. The fraction of sp³-hybridized carbons (Fsp3) is 0.625. The number of hydrogen-bond donors (Lipinski definition) is 1. The zero-order valence-electron chi connectivity index (χ0n) is 12.3. The first-order chi connectivity index (χ1) is 8.97. The van der Waals surface area contributed by atoms with Gasteiger partial charge >= 0.3 is 0 Å². The van der Waals surface area contributed by atoms with Crippen LogP contribution in [-0.2, 0) is 6.42 Å². The van der Waals surface area contributed by atoms with Crippen molar-refractivity contribution in [3.8, 4) is 0 Å². The van der Waals surface area contributed by atoms with Gasteiger partial charge in [0.25, 0.3) is 0 Å². The number of fused-ring (bicyclic) bond motifs is 1. The number of nitrogen functional groups attached to an aromatic ring is 1. The van der Waals surface area contributed by atoms with E-state index < -0.39 is 0 Å². The predicted molar refractivity (Wildman–Crippen MR) is 80.2 cm³/mol. The summed E-state index contributed by atoms with van der Waals surface area (Å²) in [6, 6.07) is 7.06. The molecule has 1 aliphatic heterocycles. The molecule has 3 nitrogen and oxygen atoms in total. The van der Waals surface area contributed by atoms with Crippen molar-refractivity contribution >= 4 is 5.69 Å². The normalized spacial score (nSPS) is 27.4. The van der Waals surface area contributed by atoms with Crippen molar-refractivity contribution in [1.29, 1.82) is 0 Å². The number of benzene rings is 1. The molecule has 0 spiro atoms. The minimum absolute atomic E-state index is 0.273. The fourth-order valence-electron chi connectivity index (χ4n) is 3.54. The van der Waals surface area contributed by atoms with E-state index in [9.17, 15) is 0 Å². The van der Waals surface area contributed by atoms with Crippen LogP contribution in [0.5, 0.6) is 0 Å². The van der Waals surface area contributed by atoms with E-state index in [1.54, 1.807) is 0 Å². The van der Waals surface area contributed by atoms with Crippen molar-refractivity contribution in [1.82, 2.24) is 9.80 Å². The van der Waals surface area contributed by atoms with Crippen LogP contribution in [0.3, 0.4) is 0 Å². The van der Waals surface area contributed by atoms with E-state index >= 15 is 0 Å². The van der Waals surface area contributed by atoms with E-state index in [4.69, 9.17) is 5.73 Å². The molecule has 1 unspecified atom stereocenters. The second-order valence-electron chi connectivity index (χ2n) is 6.72. The molecule has 3 heteroatoms. The van der Waals surface area contributed by atoms with Gasteiger partial charge in [-0.25, -0.2) is 0 Å². The Balaban J connectivity index is 1.82. The van der Waals surface area contributed by atoms with E-state index in [0.29, 0.717) is 6.04 Å². The zero-order chi connectivity index (χ0) is 13.6. The number of rotatable bonds is 1. The number of anilines is 1. The summed E-state index contributed by atoms with van der Waals surface area (Å²) in [5, 5.41) is 0. The lowest BCUT2D eigenvalue weighted by atomic mass is 9.96. The van der Waals surface area contributed by atoms with Crippen LogP contribution in [0.25, 0.3) is 0 Å². The highest BCUT2D eigenvalue weighted by atomic mass is 15.3. The lowest BCUT2D eigenvalue weighted by Crippen LogP contribution is -2.57. The van der Waals surface area contributed by atoms with Crippen LogP contribution in [0.15, 0.2) is 18.2 Å². The Bertz CT molecular complexity index is 481. The molecular formula is C16H25N3. The third-order valence-electron chi connectivity index (χ3n) is 5.00. The Hall–Kier alpha value is -1.06. The number of piperazine rings is 1. The van der Waals surface area contributed by atoms with Gasteiger partial charge in [0.2, 0.25) is 0 Å². The molecule has 1 aromatic rings. The molecule has 1 atom stereocenters. The molecule has 2 aliphatic rings. The average molecular weight is 259 g/mol. The second kappa shape index (κ2) is 4.50. The van der Waals surface area contributed by atoms with E-state index in [1.807, 2.05) is 0 Å². The number of nitrogens with zero attached hydrogens (tertiary/aromatic N) is 2. The van der Waals surface area contributed by atoms with Crippen molar-refractivity contribution in [3.63, 3.8) is 0 Å². The van der Waals surface area contributed by atoms with Crippen molar-refractivity contribution in [3.05, 3.63) is 29.3 Å². The lowest BCUT2D eigenvalue weighted by Gasteiger charge is -2.47. The maximum atomic E-state index is 5.90. The first-order valence-corrected chi connectivity index (χ1v) is 7.31. The second-order valence-corrected chi connectivity index (χ2v) is 6.72. The van der Waals surface area contributed by atoms with Crippen LogP contribution in [0.1, 0.15) is 37.4 Å². The Labute approximate surface area is 116 Å². The summed E-state index contributed by atoms with van der Waals surface area (Å²) in [5.41, 5.74) is 10.0. The van der Waals surface area contributed by atoms with Gasteiger partial charge in [-0.15, -0.1) is 0 Å².